The quantitative estimate of drug-likeness (QED) is 0.347. The number of carbonyl (C=O) groups is 3. The third kappa shape index (κ3) is 8.49. The van der Waals surface area contributed by atoms with Crippen LogP contribution in [0, 0.1) is 17.8 Å². The van der Waals surface area contributed by atoms with Gasteiger partial charge in [-0.3, -0.25) is 9.59 Å². The number of hydrogen-bond donors (Lipinski definition) is 1. The largest absolute Gasteiger partial charge is 0.444 e. The van der Waals surface area contributed by atoms with Gasteiger partial charge < -0.3 is 29.2 Å². The smallest absolute Gasteiger partial charge is 0.410 e. The number of nitrogens with zero attached hydrogens (tertiary/aromatic N) is 3. The fourth-order valence-electron chi connectivity index (χ4n) is 5.78. The van der Waals surface area contributed by atoms with Gasteiger partial charge in [-0.2, -0.15) is 0 Å². The molecule has 3 amide bonds. The van der Waals surface area contributed by atoms with Gasteiger partial charge in [0.25, 0.3) is 0 Å². The van der Waals surface area contributed by atoms with Crippen LogP contribution in [0.3, 0.4) is 0 Å². The molecule has 2 fully saturated rings. The number of hydrogen-bond acceptors (Lipinski definition) is 5. The van der Waals surface area contributed by atoms with E-state index >= 15 is 0 Å². The minimum atomic E-state index is -0.666. The summed E-state index contributed by atoms with van der Waals surface area (Å²) in [6.45, 7) is 12.9. The van der Waals surface area contributed by atoms with Crippen molar-refractivity contribution in [3.8, 4) is 0 Å². The van der Waals surface area contributed by atoms with Crippen molar-refractivity contribution in [2.75, 3.05) is 33.4 Å². The van der Waals surface area contributed by atoms with Crippen LogP contribution in [0.5, 0.6) is 0 Å². The van der Waals surface area contributed by atoms with E-state index in [0.717, 1.165) is 48.7 Å². The molecule has 0 spiro atoms. The lowest BCUT2D eigenvalue weighted by Crippen LogP contribution is -2.53. The molecule has 9 heteroatoms. The van der Waals surface area contributed by atoms with E-state index in [9.17, 15) is 14.4 Å². The molecule has 1 saturated carbocycles. The second-order valence-corrected chi connectivity index (χ2v) is 13.4. The number of methoxy groups -OCH3 is 1. The van der Waals surface area contributed by atoms with Crippen LogP contribution in [-0.2, 0) is 32.2 Å². The molecule has 42 heavy (non-hydrogen) atoms. The number of para-hydroxylation sites is 1. The van der Waals surface area contributed by atoms with Gasteiger partial charge in [-0.1, -0.05) is 32.0 Å². The fraction of sp³-hybridized carbons (Fsp3) is 0.667. The Labute approximate surface area is 250 Å². The van der Waals surface area contributed by atoms with Gasteiger partial charge in [0, 0.05) is 69.6 Å². The summed E-state index contributed by atoms with van der Waals surface area (Å²) in [7, 11) is 1.72. The maximum atomic E-state index is 14.3. The average molecular weight is 583 g/mol. The van der Waals surface area contributed by atoms with E-state index in [0.29, 0.717) is 32.0 Å². The van der Waals surface area contributed by atoms with E-state index in [2.05, 4.69) is 42.1 Å². The molecule has 1 N–H and O–H groups in total. The zero-order chi connectivity index (χ0) is 30.4. The number of aryl methyl sites for hydroxylation is 1. The molecular weight excluding hydrogens is 532 g/mol. The molecule has 0 radical (unpaired) electrons. The van der Waals surface area contributed by atoms with E-state index in [4.69, 9.17) is 9.47 Å². The van der Waals surface area contributed by atoms with Gasteiger partial charge in [-0.25, -0.2) is 4.79 Å². The van der Waals surface area contributed by atoms with Crippen LogP contribution >= 0.6 is 0 Å². The molecule has 2 heterocycles. The normalized spacial score (nSPS) is 19.3. The van der Waals surface area contributed by atoms with E-state index in [1.807, 2.05) is 37.8 Å². The highest BCUT2D eigenvalue weighted by atomic mass is 16.6. The molecule has 0 bridgehead atoms. The summed E-state index contributed by atoms with van der Waals surface area (Å²) in [6, 6.07) is 8.51. The Morgan fingerprint density at radius 2 is 1.81 bits per heavy atom. The van der Waals surface area contributed by atoms with Crippen molar-refractivity contribution in [3.05, 3.63) is 36.0 Å². The molecule has 1 aromatic carbocycles. The van der Waals surface area contributed by atoms with Crippen molar-refractivity contribution in [2.24, 2.45) is 17.8 Å². The van der Waals surface area contributed by atoms with Gasteiger partial charge in [0.05, 0.1) is 11.8 Å². The Balaban J connectivity index is 1.55. The van der Waals surface area contributed by atoms with Crippen molar-refractivity contribution in [3.63, 3.8) is 0 Å². The second kappa shape index (κ2) is 13.9. The minimum Gasteiger partial charge on any atom is -0.444 e. The number of ether oxygens (including phenoxy) is 2. The molecule has 1 aliphatic heterocycles. The third-order valence-corrected chi connectivity index (χ3v) is 8.07. The van der Waals surface area contributed by atoms with Gasteiger partial charge in [0.2, 0.25) is 11.8 Å². The molecular formula is C33H50N4O5. The van der Waals surface area contributed by atoms with Crippen molar-refractivity contribution >= 4 is 28.8 Å². The predicted octanol–water partition coefficient (Wildman–Crippen LogP) is 5.20. The highest BCUT2D eigenvalue weighted by Gasteiger charge is 2.43. The first-order valence-corrected chi connectivity index (χ1v) is 15.6. The van der Waals surface area contributed by atoms with Gasteiger partial charge in [-0.05, 0) is 70.4 Å². The Morgan fingerprint density at radius 1 is 1.10 bits per heavy atom. The first-order chi connectivity index (χ1) is 20.0. The zero-order valence-corrected chi connectivity index (χ0v) is 26.4. The number of benzene rings is 1. The Kier molecular flexibility index (Phi) is 10.6. The van der Waals surface area contributed by atoms with Gasteiger partial charge >= 0.3 is 6.09 Å². The van der Waals surface area contributed by atoms with Crippen LogP contribution in [0.15, 0.2) is 30.5 Å². The van der Waals surface area contributed by atoms with Crippen molar-refractivity contribution in [1.82, 2.24) is 19.7 Å². The van der Waals surface area contributed by atoms with E-state index in [1.54, 1.807) is 12.0 Å². The van der Waals surface area contributed by atoms with Crippen molar-refractivity contribution in [2.45, 2.75) is 91.5 Å². The maximum absolute atomic E-state index is 14.3. The molecule has 2 atom stereocenters. The number of piperidine rings is 1. The standard InChI is InChI=1S/C33H50N4O5/c1-23(2)14-15-34-30(38)24-18-25(20-36(19-24)32(40)42-33(3,4)5)31(39)37(27-12-13-27)22-26-21-35(16-9-17-41-6)29-11-8-7-10-28(26)29/h7-8,10-11,21,23-25,27H,9,12-20,22H2,1-6H3,(H,34,38)/t24-,25+/m1/s1. The number of likely N-dealkylation sites (tertiary alicyclic amines) is 1. The first-order valence-electron chi connectivity index (χ1n) is 15.6. The SMILES string of the molecule is COCCCn1cc(CN(C(=O)[C@H]2C[C@@H](C(=O)NCCC(C)C)CN(C(=O)OC(C)(C)C)C2)C2CC2)c2ccccc21. The summed E-state index contributed by atoms with van der Waals surface area (Å²) in [4.78, 5) is 44.2. The Bertz CT molecular complexity index is 1230. The third-order valence-electron chi connectivity index (χ3n) is 8.07. The molecule has 1 aliphatic carbocycles. The molecule has 1 saturated heterocycles. The summed E-state index contributed by atoms with van der Waals surface area (Å²) in [5.41, 5.74) is 1.60. The molecule has 1 aromatic heterocycles. The summed E-state index contributed by atoms with van der Waals surface area (Å²) < 4.78 is 13.2. The minimum absolute atomic E-state index is 0.0157. The Hall–Kier alpha value is -3.07. The van der Waals surface area contributed by atoms with Crippen LogP contribution in [0.4, 0.5) is 4.79 Å². The topological polar surface area (TPSA) is 93.1 Å². The lowest BCUT2D eigenvalue weighted by molar-refractivity contribution is -0.140. The van der Waals surface area contributed by atoms with E-state index < -0.39 is 23.5 Å². The van der Waals surface area contributed by atoms with Crippen LogP contribution in [-0.4, -0.2) is 77.3 Å². The van der Waals surface area contributed by atoms with Crippen molar-refractivity contribution in [1.29, 1.82) is 0 Å². The lowest BCUT2D eigenvalue weighted by Gasteiger charge is -2.39. The maximum Gasteiger partial charge on any atom is 0.410 e. The number of carbonyl (C=O) groups excluding carboxylic acids is 3. The highest BCUT2D eigenvalue weighted by Crippen LogP contribution is 2.34. The molecule has 9 nitrogen and oxygen atoms in total. The van der Waals surface area contributed by atoms with Gasteiger partial charge in [0.15, 0.2) is 0 Å². The van der Waals surface area contributed by atoms with Crippen LogP contribution in [0.25, 0.3) is 10.9 Å². The number of fused-ring (bicyclic) bond motifs is 1. The molecule has 232 valence electrons. The molecule has 4 rings (SSSR count). The number of rotatable bonds is 12. The summed E-state index contributed by atoms with van der Waals surface area (Å²) >= 11 is 0. The van der Waals surface area contributed by atoms with E-state index in [1.165, 1.54) is 0 Å². The molecule has 2 aromatic rings. The average Bonchev–Trinajstić information content (AvgIpc) is 3.72. The lowest BCUT2D eigenvalue weighted by atomic mass is 9.87. The van der Waals surface area contributed by atoms with Gasteiger partial charge in [-0.15, -0.1) is 0 Å². The second-order valence-electron chi connectivity index (χ2n) is 13.4. The Morgan fingerprint density at radius 3 is 2.48 bits per heavy atom. The number of aromatic nitrogens is 1. The molecule has 2 aliphatic rings. The first kappa shape index (κ1) is 31.9. The number of amides is 3. The zero-order valence-electron chi connectivity index (χ0n) is 26.4. The predicted molar refractivity (Wildman–Crippen MR) is 164 cm³/mol. The summed E-state index contributed by atoms with van der Waals surface area (Å²) in [5, 5.41) is 4.19. The summed E-state index contributed by atoms with van der Waals surface area (Å²) in [6.07, 6.45) is 5.85. The summed E-state index contributed by atoms with van der Waals surface area (Å²) in [5.74, 6) is -0.540. The van der Waals surface area contributed by atoms with E-state index in [-0.39, 0.29) is 30.9 Å². The van der Waals surface area contributed by atoms with Gasteiger partial charge in [0.1, 0.15) is 5.60 Å². The van der Waals surface area contributed by atoms with Crippen LogP contribution in [0.1, 0.15) is 72.3 Å². The van der Waals surface area contributed by atoms with Crippen molar-refractivity contribution < 1.29 is 23.9 Å². The fourth-order valence-corrected chi connectivity index (χ4v) is 5.78. The number of nitrogens with one attached hydrogen (secondary N) is 1. The monoisotopic (exact) mass is 582 g/mol. The molecule has 0 unspecified atom stereocenters. The van der Waals surface area contributed by atoms with Crippen LogP contribution < -0.4 is 5.32 Å². The van der Waals surface area contributed by atoms with Crippen LogP contribution in [0.2, 0.25) is 0 Å². The highest BCUT2D eigenvalue weighted by molar-refractivity contribution is 5.87.